The smallest absolute Gasteiger partial charge is 0.00221 e. The Morgan fingerprint density at radius 1 is 0.792 bits per heavy atom. The maximum absolute atomic E-state index is 2.65. The fourth-order valence-electron chi connectivity index (χ4n) is 4.08. The standard InChI is InChI=1S/C22H25N.ClH/c1-3-9-18(10-4-1)22-17-19-11-5-6-12-20(19)21(22)13-16-23-14-7-2-8-15-23;/h1,3-6,9-12H,2,7-8,13-17H2;1H. The second kappa shape index (κ2) is 8.00. The first-order valence-electron chi connectivity index (χ1n) is 9.00. The second-order valence-electron chi connectivity index (χ2n) is 6.81. The SMILES string of the molecule is Cl.c1ccc(C2=C(CCN3CCCCC3)c3ccccc3C2)cc1. The average Bonchev–Trinajstić information content (AvgIpc) is 3.00. The topological polar surface area (TPSA) is 3.24 Å². The maximum atomic E-state index is 2.65. The molecule has 2 aromatic rings. The zero-order valence-corrected chi connectivity index (χ0v) is 15.0. The molecule has 0 amide bonds. The number of piperidine rings is 1. The van der Waals surface area contributed by atoms with Crippen molar-refractivity contribution < 1.29 is 0 Å². The highest BCUT2D eigenvalue weighted by Gasteiger charge is 2.22. The van der Waals surface area contributed by atoms with E-state index in [4.69, 9.17) is 0 Å². The minimum Gasteiger partial charge on any atom is -0.303 e. The molecule has 0 saturated carbocycles. The zero-order valence-electron chi connectivity index (χ0n) is 14.2. The highest BCUT2D eigenvalue weighted by molar-refractivity contribution is 5.97. The van der Waals surface area contributed by atoms with Gasteiger partial charge in [-0.15, -0.1) is 12.4 Å². The van der Waals surface area contributed by atoms with Crippen molar-refractivity contribution >= 4 is 23.6 Å². The van der Waals surface area contributed by atoms with Gasteiger partial charge in [0, 0.05) is 6.54 Å². The van der Waals surface area contributed by atoms with Crippen LogP contribution in [0.3, 0.4) is 0 Å². The molecule has 1 heterocycles. The Morgan fingerprint density at radius 3 is 2.29 bits per heavy atom. The quantitative estimate of drug-likeness (QED) is 0.715. The van der Waals surface area contributed by atoms with E-state index in [1.165, 1.54) is 62.0 Å². The molecule has 1 aliphatic heterocycles. The molecule has 0 atom stereocenters. The molecule has 1 aliphatic carbocycles. The molecule has 1 saturated heterocycles. The first-order valence-corrected chi connectivity index (χ1v) is 9.00. The van der Waals surface area contributed by atoms with Crippen LogP contribution < -0.4 is 0 Å². The van der Waals surface area contributed by atoms with E-state index in [2.05, 4.69) is 59.5 Å². The van der Waals surface area contributed by atoms with Gasteiger partial charge < -0.3 is 4.90 Å². The lowest BCUT2D eigenvalue weighted by Crippen LogP contribution is -2.30. The molecule has 4 rings (SSSR count). The predicted octanol–water partition coefficient (Wildman–Crippen LogP) is 5.45. The molecule has 126 valence electrons. The largest absolute Gasteiger partial charge is 0.303 e. The lowest BCUT2D eigenvalue weighted by molar-refractivity contribution is 0.234. The summed E-state index contributed by atoms with van der Waals surface area (Å²) in [6, 6.07) is 19.9. The van der Waals surface area contributed by atoms with E-state index in [1.54, 1.807) is 11.1 Å². The van der Waals surface area contributed by atoms with Crippen LogP contribution in [0.4, 0.5) is 0 Å². The van der Waals surface area contributed by atoms with Gasteiger partial charge in [-0.25, -0.2) is 0 Å². The van der Waals surface area contributed by atoms with Crippen LogP contribution in [0, 0.1) is 0 Å². The number of hydrogen-bond donors (Lipinski definition) is 0. The van der Waals surface area contributed by atoms with Crippen LogP contribution in [0.5, 0.6) is 0 Å². The van der Waals surface area contributed by atoms with Crippen molar-refractivity contribution in [1.82, 2.24) is 4.90 Å². The third-order valence-electron chi connectivity index (χ3n) is 5.32. The summed E-state index contributed by atoms with van der Waals surface area (Å²) < 4.78 is 0. The Balaban J connectivity index is 0.00000169. The molecular weight excluding hydrogens is 314 g/mol. The number of allylic oxidation sites excluding steroid dienone is 1. The van der Waals surface area contributed by atoms with Crippen LogP contribution in [-0.2, 0) is 6.42 Å². The van der Waals surface area contributed by atoms with Crippen LogP contribution in [0.25, 0.3) is 11.1 Å². The van der Waals surface area contributed by atoms with Gasteiger partial charge in [0.15, 0.2) is 0 Å². The van der Waals surface area contributed by atoms with Crippen molar-refractivity contribution in [3.8, 4) is 0 Å². The number of fused-ring (bicyclic) bond motifs is 1. The van der Waals surface area contributed by atoms with Gasteiger partial charge in [0.25, 0.3) is 0 Å². The van der Waals surface area contributed by atoms with Crippen molar-refractivity contribution in [2.45, 2.75) is 32.1 Å². The Bertz CT molecular complexity index is 699. The van der Waals surface area contributed by atoms with Crippen LogP contribution in [0.2, 0.25) is 0 Å². The molecule has 0 spiro atoms. The van der Waals surface area contributed by atoms with E-state index in [-0.39, 0.29) is 12.4 Å². The number of rotatable bonds is 4. The zero-order chi connectivity index (χ0) is 15.5. The average molecular weight is 340 g/mol. The Labute approximate surface area is 151 Å². The number of nitrogens with zero attached hydrogens (tertiary/aromatic N) is 1. The molecule has 1 nitrogen and oxygen atoms in total. The Kier molecular flexibility index (Phi) is 5.76. The molecular formula is C22H26ClN. The first-order chi connectivity index (χ1) is 11.4. The van der Waals surface area contributed by atoms with E-state index in [9.17, 15) is 0 Å². The molecule has 0 N–H and O–H groups in total. The molecule has 1 fully saturated rings. The number of hydrogen-bond acceptors (Lipinski definition) is 1. The number of halogens is 1. The highest BCUT2D eigenvalue weighted by Crippen LogP contribution is 2.40. The van der Waals surface area contributed by atoms with Gasteiger partial charge in [0.2, 0.25) is 0 Å². The van der Waals surface area contributed by atoms with Gasteiger partial charge in [-0.05, 0) is 66.6 Å². The molecule has 2 heteroatoms. The second-order valence-corrected chi connectivity index (χ2v) is 6.81. The summed E-state index contributed by atoms with van der Waals surface area (Å²) in [5.41, 5.74) is 7.52. The third-order valence-corrected chi connectivity index (χ3v) is 5.32. The van der Waals surface area contributed by atoms with Crippen LogP contribution in [0.1, 0.15) is 42.4 Å². The third kappa shape index (κ3) is 3.58. The van der Waals surface area contributed by atoms with Crippen molar-refractivity contribution in [3.63, 3.8) is 0 Å². The van der Waals surface area contributed by atoms with E-state index in [0.717, 1.165) is 6.42 Å². The lowest BCUT2D eigenvalue weighted by Gasteiger charge is -2.26. The summed E-state index contributed by atoms with van der Waals surface area (Å²) in [7, 11) is 0. The predicted molar refractivity (Wildman–Crippen MR) is 106 cm³/mol. The summed E-state index contributed by atoms with van der Waals surface area (Å²) in [5, 5.41) is 0. The van der Waals surface area contributed by atoms with Crippen molar-refractivity contribution in [2.24, 2.45) is 0 Å². The van der Waals surface area contributed by atoms with Gasteiger partial charge in [0.1, 0.15) is 0 Å². The normalized spacial score (nSPS) is 17.5. The minimum atomic E-state index is 0. The molecule has 0 bridgehead atoms. The number of likely N-dealkylation sites (tertiary alicyclic amines) is 1. The first kappa shape index (κ1) is 17.3. The molecule has 2 aliphatic rings. The van der Waals surface area contributed by atoms with Crippen LogP contribution >= 0.6 is 12.4 Å². The monoisotopic (exact) mass is 339 g/mol. The maximum Gasteiger partial charge on any atom is 0.00221 e. The fraction of sp³-hybridized carbons (Fsp3) is 0.364. The summed E-state index contributed by atoms with van der Waals surface area (Å²) >= 11 is 0. The van der Waals surface area contributed by atoms with Gasteiger partial charge in [-0.1, -0.05) is 61.0 Å². The van der Waals surface area contributed by atoms with Crippen molar-refractivity contribution in [2.75, 3.05) is 19.6 Å². The summed E-state index contributed by atoms with van der Waals surface area (Å²) in [4.78, 5) is 2.65. The van der Waals surface area contributed by atoms with E-state index < -0.39 is 0 Å². The summed E-state index contributed by atoms with van der Waals surface area (Å²) in [6.07, 6.45) is 6.44. The van der Waals surface area contributed by atoms with E-state index in [0.29, 0.717) is 0 Å². The van der Waals surface area contributed by atoms with Gasteiger partial charge in [-0.3, -0.25) is 0 Å². The summed E-state index contributed by atoms with van der Waals surface area (Å²) in [6.45, 7) is 3.78. The van der Waals surface area contributed by atoms with E-state index >= 15 is 0 Å². The van der Waals surface area contributed by atoms with Crippen molar-refractivity contribution in [3.05, 3.63) is 71.3 Å². The number of benzene rings is 2. The van der Waals surface area contributed by atoms with Gasteiger partial charge in [0.05, 0.1) is 0 Å². The Hall–Kier alpha value is -1.57. The molecule has 2 aromatic carbocycles. The fourth-order valence-corrected chi connectivity index (χ4v) is 4.08. The molecule has 0 unspecified atom stereocenters. The van der Waals surface area contributed by atoms with E-state index in [1.807, 2.05) is 0 Å². The van der Waals surface area contributed by atoms with Crippen LogP contribution in [-0.4, -0.2) is 24.5 Å². The lowest BCUT2D eigenvalue weighted by atomic mass is 9.97. The minimum absolute atomic E-state index is 0. The van der Waals surface area contributed by atoms with Gasteiger partial charge >= 0.3 is 0 Å². The summed E-state index contributed by atoms with van der Waals surface area (Å²) in [5.74, 6) is 0. The molecule has 24 heavy (non-hydrogen) atoms. The Morgan fingerprint density at radius 2 is 1.50 bits per heavy atom. The molecule has 0 radical (unpaired) electrons. The molecule has 0 aromatic heterocycles. The van der Waals surface area contributed by atoms with Crippen molar-refractivity contribution in [1.29, 1.82) is 0 Å². The van der Waals surface area contributed by atoms with Crippen LogP contribution in [0.15, 0.2) is 54.6 Å². The van der Waals surface area contributed by atoms with Gasteiger partial charge in [-0.2, -0.15) is 0 Å². The highest BCUT2D eigenvalue weighted by atomic mass is 35.5.